The zero-order valence-corrected chi connectivity index (χ0v) is 14.0. The third-order valence-corrected chi connectivity index (χ3v) is 4.14. The predicted octanol–water partition coefficient (Wildman–Crippen LogP) is 5.54. The van der Waals surface area contributed by atoms with Crippen molar-refractivity contribution in [3.05, 3.63) is 59.7 Å². The van der Waals surface area contributed by atoms with E-state index in [1.54, 1.807) is 11.8 Å². The van der Waals surface area contributed by atoms with Gasteiger partial charge in [-0.25, -0.2) is 0 Å². The van der Waals surface area contributed by atoms with E-state index in [0.29, 0.717) is 11.1 Å². The highest BCUT2D eigenvalue weighted by atomic mass is 35.5. The number of anilines is 1. The number of halogens is 1. The van der Waals surface area contributed by atoms with Crippen molar-refractivity contribution < 1.29 is 0 Å². The molecule has 0 radical (unpaired) electrons. The molecule has 0 fully saturated rings. The predicted molar refractivity (Wildman–Crippen MR) is 94.8 cm³/mol. The molecule has 4 heteroatoms. The molecule has 0 atom stereocenters. The number of nitrogens with one attached hydrogen (secondary N) is 1. The molecular formula is C17H19ClN2S. The summed E-state index contributed by atoms with van der Waals surface area (Å²) < 4.78 is 0. The lowest BCUT2D eigenvalue weighted by molar-refractivity contribution is 0.862. The zero-order chi connectivity index (χ0) is 15.2. The highest BCUT2D eigenvalue weighted by molar-refractivity contribution is 7.98. The van der Waals surface area contributed by atoms with Crippen molar-refractivity contribution in [2.45, 2.75) is 24.7 Å². The van der Waals surface area contributed by atoms with Crippen LogP contribution in [0, 0.1) is 0 Å². The van der Waals surface area contributed by atoms with Crippen LogP contribution < -0.4 is 5.43 Å². The summed E-state index contributed by atoms with van der Waals surface area (Å²) in [4.78, 5) is 1.20. The smallest absolute Gasteiger partial charge is 0.156 e. The first-order valence-electron chi connectivity index (χ1n) is 6.83. The van der Waals surface area contributed by atoms with Gasteiger partial charge in [0.25, 0.3) is 0 Å². The average molecular weight is 319 g/mol. The monoisotopic (exact) mass is 318 g/mol. The molecule has 21 heavy (non-hydrogen) atoms. The normalized spacial score (nSPS) is 11.8. The van der Waals surface area contributed by atoms with Crippen molar-refractivity contribution in [1.29, 1.82) is 0 Å². The molecule has 0 aliphatic heterocycles. The first-order valence-corrected chi connectivity index (χ1v) is 8.44. The molecule has 110 valence electrons. The standard InChI is InChI=1S/C17H19ClN2S/c1-12(2)13-9-14(11-16(10-13)21-3)17(18)20-19-15-7-5-4-6-8-15/h4-12,19H,1-3H3. The molecule has 2 nitrogen and oxygen atoms in total. The van der Waals surface area contributed by atoms with E-state index >= 15 is 0 Å². The maximum Gasteiger partial charge on any atom is 0.156 e. The molecule has 0 aliphatic carbocycles. The molecule has 0 aromatic heterocycles. The van der Waals surface area contributed by atoms with Crippen molar-refractivity contribution in [3.63, 3.8) is 0 Å². The molecule has 0 heterocycles. The number of benzene rings is 2. The Hall–Kier alpha value is -1.45. The summed E-state index contributed by atoms with van der Waals surface area (Å²) >= 11 is 8.05. The van der Waals surface area contributed by atoms with Gasteiger partial charge in [-0.15, -0.1) is 11.8 Å². The van der Waals surface area contributed by atoms with Crippen molar-refractivity contribution in [2.24, 2.45) is 5.10 Å². The van der Waals surface area contributed by atoms with Gasteiger partial charge < -0.3 is 0 Å². The van der Waals surface area contributed by atoms with Gasteiger partial charge in [-0.05, 0) is 48.1 Å². The van der Waals surface area contributed by atoms with E-state index in [1.807, 2.05) is 30.3 Å². The number of hydrazone groups is 1. The highest BCUT2D eigenvalue weighted by Crippen LogP contribution is 2.25. The van der Waals surface area contributed by atoms with Crippen LogP contribution in [0.1, 0.15) is 30.9 Å². The molecule has 2 aromatic rings. The SMILES string of the molecule is CSc1cc(C(Cl)=NNc2ccccc2)cc(C(C)C)c1. The largest absolute Gasteiger partial charge is 0.277 e. The number of para-hydroxylation sites is 1. The molecule has 1 N–H and O–H groups in total. The minimum atomic E-state index is 0.461. The van der Waals surface area contributed by atoms with Crippen LogP contribution in [-0.2, 0) is 0 Å². The van der Waals surface area contributed by atoms with Crippen LogP contribution in [0.2, 0.25) is 0 Å². The van der Waals surface area contributed by atoms with Crippen LogP contribution in [0.15, 0.2) is 58.5 Å². The molecule has 2 rings (SSSR count). The lowest BCUT2D eigenvalue weighted by Crippen LogP contribution is -1.99. The minimum absolute atomic E-state index is 0.461. The highest BCUT2D eigenvalue weighted by Gasteiger charge is 2.07. The molecule has 0 saturated carbocycles. The summed E-state index contributed by atoms with van der Waals surface area (Å²) in [6, 6.07) is 16.1. The van der Waals surface area contributed by atoms with Crippen molar-refractivity contribution in [2.75, 3.05) is 11.7 Å². The second kappa shape index (κ2) is 7.53. The van der Waals surface area contributed by atoms with E-state index in [1.165, 1.54) is 10.5 Å². The van der Waals surface area contributed by atoms with E-state index < -0.39 is 0 Å². The van der Waals surface area contributed by atoms with Gasteiger partial charge in [0.2, 0.25) is 0 Å². The number of hydrogen-bond acceptors (Lipinski definition) is 3. The summed E-state index contributed by atoms with van der Waals surface area (Å²) in [6.45, 7) is 4.35. The fourth-order valence-electron chi connectivity index (χ4n) is 1.88. The van der Waals surface area contributed by atoms with Crippen molar-refractivity contribution in [1.82, 2.24) is 0 Å². The Balaban J connectivity index is 2.25. The second-order valence-corrected chi connectivity index (χ2v) is 6.27. The molecule has 0 spiro atoms. The van der Waals surface area contributed by atoms with Gasteiger partial charge in [0.15, 0.2) is 5.17 Å². The Kier molecular flexibility index (Phi) is 5.71. The molecule has 0 amide bonds. The topological polar surface area (TPSA) is 24.4 Å². The molecule has 0 bridgehead atoms. The molecule has 0 unspecified atom stereocenters. The van der Waals surface area contributed by atoms with E-state index in [2.05, 4.69) is 48.8 Å². The zero-order valence-electron chi connectivity index (χ0n) is 12.4. The van der Waals surface area contributed by atoms with E-state index in [-0.39, 0.29) is 0 Å². The Morgan fingerprint density at radius 3 is 2.48 bits per heavy atom. The number of hydrogen-bond donors (Lipinski definition) is 1. The van der Waals surface area contributed by atoms with Crippen LogP contribution in [-0.4, -0.2) is 11.4 Å². The van der Waals surface area contributed by atoms with Gasteiger partial charge in [-0.3, -0.25) is 5.43 Å². The van der Waals surface area contributed by atoms with Gasteiger partial charge in [0, 0.05) is 10.5 Å². The summed E-state index contributed by atoms with van der Waals surface area (Å²) in [6.07, 6.45) is 2.07. The van der Waals surface area contributed by atoms with Crippen LogP contribution in [0.3, 0.4) is 0 Å². The molecular weight excluding hydrogens is 300 g/mol. The van der Waals surface area contributed by atoms with Crippen molar-refractivity contribution >= 4 is 34.2 Å². The Bertz CT molecular complexity index is 624. The van der Waals surface area contributed by atoms with Crippen LogP contribution in [0.5, 0.6) is 0 Å². The Morgan fingerprint density at radius 1 is 1.14 bits per heavy atom. The summed E-state index contributed by atoms with van der Waals surface area (Å²) in [5.41, 5.74) is 6.10. The van der Waals surface area contributed by atoms with Gasteiger partial charge in [-0.2, -0.15) is 5.10 Å². The second-order valence-electron chi connectivity index (χ2n) is 5.03. The average Bonchev–Trinajstić information content (AvgIpc) is 2.53. The van der Waals surface area contributed by atoms with E-state index in [9.17, 15) is 0 Å². The van der Waals surface area contributed by atoms with E-state index in [0.717, 1.165) is 11.3 Å². The number of thioether (sulfide) groups is 1. The first-order chi connectivity index (χ1) is 10.1. The summed E-state index contributed by atoms with van der Waals surface area (Å²) in [5, 5.41) is 4.73. The Labute approximate surface area is 135 Å². The number of nitrogens with zero attached hydrogens (tertiary/aromatic N) is 1. The maximum absolute atomic E-state index is 6.34. The first kappa shape index (κ1) is 15.9. The Morgan fingerprint density at radius 2 is 1.86 bits per heavy atom. The fourth-order valence-corrected chi connectivity index (χ4v) is 2.53. The summed E-state index contributed by atoms with van der Waals surface area (Å²) in [5.74, 6) is 0.461. The van der Waals surface area contributed by atoms with Gasteiger partial charge in [0.05, 0.1) is 5.69 Å². The van der Waals surface area contributed by atoms with Crippen LogP contribution in [0.4, 0.5) is 5.69 Å². The third kappa shape index (κ3) is 4.51. The van der Waals surface area contributed by atoms with Crippen LogP contribution >= 0.6 is 23.4 Å². The molecule has 0 saturated heterocycles. The fraction of sp³-hybridized carbons (Fsp3) is 0.235. The van der Waals surface area contributed by atoms with Gasteiger partial charge >= 0.3 is 0 Å². The lowest BCUT2D eigenvalue weighted by Gasteiger charge is -2.10. The summed E-state index contributed by atoms with van der Waals surface area (Å²) in [7, 11) is 0. The quantitative estimate of drug-likeness (QED) is 0.444. The lowest BCUT2D eigenvalue weighted by atomic mass is 10.0. The van der Waals surface area contributed by atoms with Gasteiger partial charge in [0.1, 0.15) is 0 Å². The molecule has 2 aromatic carbocycles. The maximum atomic E-state index is 6.34. The third-order valence-electron chi connectivity index (χ3n) is 3.13. The minimum Gasteiger partial charge on any atom is -0.277 e. The van der Waals surface area contributed by atoms with Gasteiger partial charge in [-0.1, -0.05) is 43.6 Å². The molecule has 0 aliphatic rings. The number of rotatable bonds is 5. The van der Waals surface area contributed by atoms with Crippen LogP contribution in [0.25, 0.3) is 0 Å². The van der Waals surface area contributed by atoms with Crippen molar-refractivity contribution in [3.8, 4) is 0 Å². The van der Waals surface area contributed by atoms with E-state index in [4.69, 9.17) is 11.6 Å².